The molecule has 78 valence electrons. The Balaban J connectivity index is 2.93. The summed E-state index contributed by atoms with van der Waals surface area (Å²) in [4.78, 5) is 0. The number of benzene rings is 1. The highest BCUT2D eigenvalue weighted by Gasteiger charge is 2.03. The normalized spacial score (nSPS) is 9.20. The van der Waals surface area contributed by atoms with Gasteiger partial charge in [0.05, 0.1) is 17.9 Å². The van der Waals surface area contributed by atoms with Gasteiger partial charge in [0.2, 0.25) is 0 Å². The van der Waals surface area contributed by atoms with E-state index in [0.717, 1.165) is 0 Å². The molecule has 15 heavy (non-hydrogen) atoms. The maximum atomic E-state index is 10.2. The van der Waals surface area contributed by atoms with E-state index >= 15 is 0 Å². The van der Waals surface area contributed by atoms with Crippen LogP contribution >= 0.6 is 0 Å². The molecule has 0 aliphatic rings. The van der Waals surface area contributed by atoms with Crippen molar-refractivity contribution in [3.63, 3.8) is 0 Å². The van der Waals surface area contributed by atoms with E-state index in [1.165, 1.54) is 18.2 Å². The second-order valence-electron chi connectivity index (χ2n) is 2.61. The van der Waals surface area contributed by atoms with E-state index in [-0.39, 0.29) is 11.3 Å². The van der Waals surface area contributed by atoms with Crippen LogP contribution in [0, 0.1) is 11.3 Å². The lowest BCUT2D eigenvalue weighted by Crippen LogP contribution is -2.50. The Morgan fingerprint density at radius 1 is 1.47 bits per heavy atom. The molecule has 0 aliphatic heterocycles. The molecule has 0 saturated heterocycles. The highest BCUT2D eigenvalue weighted by molar-refractivity contribution is 6.29. The van der Waals surface area contributed by atoms with Crippen LogP contribution in [0.2, 0.25) is 0 Å². The Bertz CT molecular complexity index is 375. The van der Waals surface area contributed by atoms with Crippen molar-refractivity contribution in [2.24, 2.45) is 0 Å². The Kier molecular flexibility index (Phi) is 3.97. The first kappa shape index (κ1) is 11.4. The van der Waals surface area contributed by atoms with E-state index in [4.69, 9.17) is 10.00 Å². The molecule has 0 aromatic heterocycles. The van der Waals surface area contributed by atoms with E-state index in [9.17, 15) is 10.0 Å². The average Bonchev–Trinajstić information content (AvgIpc) is 2.20. The molecule has 0 aliphatic carbocycles. The quantitative estimate of drug-likeness (QED) is 0.590. The summed E-state index contributed by atoms with van der Waals surface area (Å²) >= 11 is 0. The van der Waals surface area contributed by atoms with E-state index in [2.05, 4.69) is 4.65 Å². The average molecular weight is 205 g/mol. The van der Waals surface area contributed by atoms with Crippen LogP contribution in [0.1, 0.15) is 12.5 Å². The number of hydrogen-bond donors (Lipinski definition) is 0. The highest BCUT2D eigenvalue weighted by Crippen LogP contribution is 2.23. The maximum Gasteiger partial charge on any atom is 0.137 e. The second kappa shape index (κ2) is 5.24. The van der Waals surface area contributed by atoms with Gasteiger partial charge in [-0.1, -0.05) is 0 Å². The van der Waals surface area contributed by atoms with Crippen LogP contribution in [0.25, 0.3) is 0 Å². The van der Waals surface area contributed by atoms with Crippen LogP contribution in [0.4, 0.5) is 0 Å². The fourth-order valence-corrected chi connectivity index (χ4v) is 1.06. The lowest BCUT2D eigenvalue weighted by molar-refractivity contribution is -0.372. The molecule has 0 amide bonds. The summed E-state index contributed by atoms with van der Waals surface area (Å²) in [5.74, 6) is 0.478. The van der Waals surface area contributed by atoms with Gasteiger partial charge in [0.1, 0.15) is 19.1 Å². The third-order valence-corrected chi connectivity index (χ3v) is 1.60. The number of nitriles is 1. The first-order chi connectivity index (χ1) is 7.17. The zero-order chi connectivity index (χ0) is 11.3. The van der Waals surface area contributed by atoms with Gasteiger partial charge in [0.15, 0.2) is 0 Å². The molecule has 0 N–H and O–H groups in total. The van der Waals surface area contributed by atoms with Crippen LogP contribution in [0.3, 0.4) is 0 Å². The van der Waals surface area contributed by atoms with Gasteiger partial charge in [-0.25, -0.2) is 0 Å². The minimum atomic E-state index is -2.39. The van der Waals surface area contributed by atoms with Crippen molar-refractivity contribution in [3.05, 3.63) is 23.8 Å². The summed E-state index contributed by atoms with van der Waals surface area (Å²) in [5, 5.41) is 29.2. The fourth-order valence-electron chi connectivity index (χ4n) is 1.06. The van der Waals surface area contributed by atoms with Crippen molar-refractivity contribution >= 4 is 7.32 Å². The molecule has 0 bridgehead atoms. The molecule has 1 aromatic rings. The minimum Gasteiger partial charge on any atom is -0.860 e. The molecule has 0 heterocycles. The Morgan fingerprint density at radius 3 is 2.73 bits per heavy atom. The number of rotatable bonds is 4. The summed E-state index contributed by atoms with van der Waals surface area (Å²) in [7, 11) is -2.39. The molecule has 6 heteroatoms. The Labute approximate surface area is 87.7 Å². The van der Waals surface area contributed by atoms with E-state index in [0.29, 0.717) is 12.4 Å². The molecule has 0 saturated carbocycles. The van der Waals surface area contributed by atoms with E-state index < -0.39 is 7.32 Å². The smallest absolute Gasteiger partial charge is 0.137 e. The molecule has 1 rings (SSSR count). The minimum absolute atomic E-state index is 0.0741. The largest absolute Gasteiger partial charge is 0.860 e. The summed E-state index contributed by atoms with van der Waals surface area (Å²) < 4.78 is 9.53. The fraction of sp³-hybridized carbons (Fsp3) is 0.222. The van der Waals surface area contributed by atoms with Crippen LogP contribution < -0.4 is 19.4 Å². The first-order valence-corrected chi connectivity index (χ1v) is 4.32. The highest BCUT2D eigenvalue weighted by atomic mass is 16.6. The zero-order valence-corrected chi connectivity index (χ0v) is 8.10. The predicted octanol–water partition coefficient (Wildman–Crippen LogP) is -0.959. The van der Waals surface area contributed by atoms with Crippen molar-refractivity contribution in [2.45, 2.75) is 6.92 Å². The van der Waals surface area contributed by atoms with Crippen molar-refractivity contribution in [1.82, 2.24) is 0 Å². The SMILES string of the molecule is CCOc1ccc(OB([O-])[O-])cc1C#N. The van der Waals surface area contributed by atoms with Crippen LogP contribution in [-0.4, -0.2) is 13.9 Å². The van der Waals surface area contributed by atoms with Crippen LogP contribution in [-0.2, 0) is 0 Å². The van der Waals surface area contributed by atoms with Gasteiger partial charge in [-0.3, -0.25) is 0 Å². The summed E-state index contributed by atoms with van der Waals surface area (Å²) in [5.41, 5.74) is 0.231. The molecule has 0 radical (unpaired) electrons. The maximum absolute atomic E-state index is 10.2. The lowest BCUT2D eigenvalue weighted by atomic mass is 10.2. The zero-order valence-electron chi connectivity index (χ0n) is 8.10. The molecule has 0 spiro atoms. The monoisotopic (exact) mass is 205 g/mol. The molecule has 1 aromatic carbocycles. The van der Waals surface area contributed by atoms with E-state index in [1.54, 1.807) is 6.92 Å². The lowest BCUT2D eigenvalue weighted by Gasteiger charge is -2.26. The molecular weight excluding hydrogens is 197 g/mol. The summed E-state index contributed by atoms with van der Waals surface area (Å²) in [6.45, 7) is 2.22. The van der Waals surface area contributed by atoms with Crippen LogP contribution in [0.5, 0.6) is 11.5 Å². The van der Waals surface area contributed by atoms with Crippen LogP contribution in [0.15, 0.2) is 18.2 Å². The second-order valence-corrected chi connectivity index (χ2v) is 2.61. The molecule has 5 nitrogen and oxygen atoms in total. The molecule has 0 fully saturated rings. The van der Waals surface area contributed by atoms with Gasteiger partial charge in [-0.05, 0) is 25.1 Å². The number of nitrogens with zero attached hydrogens (tertiary/aromatic N) is 1. The number of ether oxygens (including phenoxy) is 1. The Morgan fingerprint density at radius 2 is 2.20 bits per heavy atom. The molecular formula is C9H8BNO4-2. The Hall–Kier alpha value is -1.71. The number of hydrogen-bond acceptors (Lipinski definition) is 5. The standard InChI is InChI=1S/C9H8BNO4/c1-2-14-9-4-3-8(15-10(12)13)5-7(9)6-11/h3-5H,2H2,1H3/q-2. The van der Waals surface area contributed by atoms with Gasteiger partial charge in [0, 0.05) is 0 Å². The van der Waals surface area contributed by atoms with Crippen molar-refractivity contribution in [2.75, 3.05) is 6.61 Å². The summed E-state index contributed by atoms with van der Waals surface area (Å²) in [6.07, 6.45) is 0. The topological polar surface area (TPSA) is 88.4 Å². The van der Waals surface area contributed by atoms with Crippen molar-refractivity contribution < 1.29 is 19.4 Å². The van der Waals surface area contributed by atoms with Gasteiger partial charge in [-0.2, -0.15) is 5.26 Å². The molecule has 0 unspecified atom stereocenters. The van der Waals surface area contributed by atoms with Gasteiger partial charge >= 0.3 is 0 Å². The van der Waals surface area contributed by atoms with Crippen molar-refractivity contribution in [3.8, 4) is 17.6 Å². The molecule has 0 atom stereocenters. The third-order valence-electron chi connectivity index (χ3n) is 1.60. The first-order valence-electron chi connectivity index (χ1n) is 4.32. The third kappa shape index (κ3) is 3.16. The van der Waals surface area contributed by atoms with Gasteiger partial charge in [-0.15, -0.1) is 0 Å². The van der Waals surface area contributed by atoms with Gasteiger partial charge in [0.25, 0.3) is 0 Å². The van der Waals surface area contributed by atoms with Crippen molar-refractivity contribution in [1.29, 1.82) is 5.26 Å². The predicted molar refractivity (Wildman–Crippen MR) is 48.7 cm³/mol. The van der Waals surface area contributed by atoms with Gasteiger partial charge < -0.3 is 19.4 Å². The van der Waals surface area contributed by atoms with E-state index in [1.807, 2.05) is 6.07 Å². The summed E-state index contributed by atoms with van der Waals surface area (Å²) in [6, 6.07) is 6.08.